The van der Waals surface area contributed by atoms with Crippen molar-refractivity contribution in [3.63, 3.8) is 0 Å². The minimum absolute atomic E-state index is 0.0544. The topological polar surface area (TPSA) is 67.8 Å². The summed E-state index contributed by atoms with van der Waals surface area (Å²) in [6.07, 6.45) is 6.82. The zero-order chi connectivity index (χ0) is 9.26. The van der Waals surface area contributed by atoms with Crippen molar-refractivity contribution in [2.24, 2.45) is 16.8 Å². The van der Waals surface area contributed by atoms with E-state index in [0.717, 1.165) is 5.57 Å². The van der Waals surface area contributed by atoms with Crippen molar-refractivity contribution in [3.8, 4) is 0 Å². The molecular formula is C9H12N2O2. The van der Waals surface area contributed by atoms with Gasteiger partial charge in [0.1, 0.15) is 0 Å². The van der Waals surface area contributed by atoms with Crippen LogP contribution in [0.25, 0.3) is 0 Å². The van der Waals surface area contributed by atoms with Gasteiger partial charge in [-0.3, -0.25) is 0 Å². The van der Waals surface area contributed by atoms with Crippen molar-refractivity contribution in [2.75, 3.05) is 6.54 Å². The fourth-order valence-corrected chi connectivity index (χ4v) is 1.46. The van der Waals surface area contributed by atoms with Crippen LogP contribution in [0, 0.1) is 5.92 Å². The van der Waals surface area contributed by atoms with Crippen LogP contribution in [0.5, 0.6) is 0 Å². The fraction of sp³-hybridized carbons (Fsp3) is 0.444. The summed E-state index contributed by atoms with van der Waals surface area (Å²) in [6.45, 7) is 0.231. The largest absolute Gasteiger partial charge is 0.388 e. The first-order chi connectivity index (χ1) is 6.31. The molecule has 1 heterocycles. The molecule has 0 aromatic rings. The van der Waals surface area contributed by atoms with Crippen molar-refractivity contribution in [1.82, 2.24) is 0 Å². The van der Waals surface area contributed by atoms with Gasteiger partial charge in [0.25, 0.3) is 0 Å². The van der Waals surface area contributed by atoms with Gasteiger partial charge < -0.3 is 15.7 Å². The van der Waals surface area contributed by atoms with Crippen molar-refractivity contribution < 1.29 is 9.94 Å². The Morgan fingerprint density at radius 3 is 3.31 bits per heavy atom. The average molecular weight is 180 g/mol. The molecule has 2 aliphatic rings. The van der Waals surface area contributed by atoms with Crippen LogP contribution in [0.2, 0.25) is 0 Å². The molecule has 1 aliphatic carbocycles. The first-order valence-electron chi connectivity index (χ1n) is 4.28. The fourth-order valence-electron chi connectivity index (χ4n) is 1.46. The maximum Gasteiger partial charge on any atom is 0.157 e. The van der Waals surface area contributed by atoms with Crippen molar-refractivity contribution in [2.45, 2.75) is 12.2 Å². The minimum atomic E-state index is -0.596. The number of fused-ring (bicyclic) bond motifs is 1. The number of rotatable bonds is 2. The summed E-state index contributed by atoms with van der Waals surface area (Å²) < 4.78 is 0. The monoisotopic (exact) mass is 180 g/mol. The van der Waals surface area contributed by atoms with E-state index in [9.17, 15) is 5.11 Å². The molecular weight excluding hydrogens is 168 g/mol. The lowest BCUT2D eigenvalue weighted by Crippen LogP contribution is -2.26. The van der Waals surface area contributed by atoms with Crippen LogP contribution in [-0.2, 0) is 4.84 Å². The van der Waals surface area contributed by atoms with E-state index >= 15 is 0 Å². The van der Waals surface area contributed by atoms with E-state index < -0.39 is 6.10 Å². The second kappa shape index (κ2) is 3.32. The quantitative estimate of drug-likeness (QED) is 0.618. The van der Waals surface area contributed by atoms with Crippen molar-refractivity contribution in [3.05, 3.63) is 23.8 Å². The normalized spacial score (nSPS) is 32.3. The molecule has 70 valence electrons. The molecule has 4 heteroatoms. The summed E-state index contributed by atoms with van der Waals surface area (Å²) in [5, 5.41) is 13.2. The van der Waals surface area contributed by atoms with E-state index in [4.69, 9.17) is 10.6 Å². The predicted molar refractivity (Wildman–Crippen MR) is 49.1 cm³/mol. The van der Waals surface area contributed by atoms with Crippen LogP contribution < -0.4 is 5.73 Å². The first-order valence-corrected chi connectivity index (χ1v) is 4.28. The number of oxime groups is 1. The van der Waals surface area contributed by atoms with Gasteiger partial charge in [0, 0.05) is 6.54 Å². The maximum absolute atomic E-state index is 9.46. The smallest absolute Gasteiger partial charge is 0.157 e. The van der Waals surface area contributed by atoms with Gasteiger partial charge in [0.2, 0.25) is 0 Å². The molecule has 13 heavy (non-hydrogen) atoms. The van der Waals surface area contributed by atoms with Gasteiger partial charge >= 0.3 is 0 Å². The highest BCUT2D eigenvalue weighted by Crippen LogP contribution is 2.23. The first kappa shape index (κ1) is 8.47. The third-order valence-corrected chi connectivity index (χ3v) is 2.27. The lowest BCUT2D eigenvalue weighted by atomic mass is 9.93. The summed E-state index contributed by atoms with van der Waals surface area (Å²) >= 11 is 0. The Balaban J connectivity index is 2.12. The van der Waals surface area contributed by atoms with Crippen molar-refractivity contribution in [1.29, 1.82) is 0 Å². The molecule has 0 amide bonds. The number of nitrogens with zero attached hydrogens (tertiary/aromatic N) is 1. The molecule has 1 aliphatic heterocycles. The number of aliphatic hydroxyl groups is 1. The molecule has 4 nitrogen and oxygen atoms in total. The SMILES string of the molecule is NCC(O)C1=CC2ON=CC2C=C1. The zero-order valence-corrected chi connectivity index (χ0v) is 7.13. The summed E-state index contributed by atoms with van der Waals surface area (Å²) in [4.78, 5) is 5.07. The van der Waals surface area contributed by atoms with Gasteiger partial charge in [-0.1, -0.05) is 17.3 Å². The molecule has 0 saturated carbocycles. The van der Waals surface area contributed by atoms with Crippen LogP contribution in [-0.4, -0.2) is 30.1 Å². The molecule has 0 radical (unpaired) electrons. The zero-order valence-electron chi connectivity index (χ0n) is 7.13. The molecule has 0 fully saturated rings. The minimum Gasteiger partial charge on any atom is -0.388 e. The predicted octanol–water partition coefficient (Wildman–Crippen LogP) is -0.197. The van der Waals surface area contributed by atoms with E-state index in [1.54, 1.807) is 6.21 Å². The number of aliphatic hydroxyl groups excluding tert-OH is 1. The molecule has 0 spiro atoms. The number of nitrogens with two attached hydrogens (primary N) is 1. The lowest BCUT2D eigenvalue weighted by Gasteiger charge is -2.18. The summed E-state index contributed by atoms with van der Waals surface area (Å²) in [7, 11) is 0. The van der Waals surface area contributed by atoms with Gasteiger partial charge in [-0.25, -0.2) is 0 Å². The number of hydrogen-bond acceptors (Lipinski definition) is 4. The standard InChI is InChI=1S/C9H12N2O2/c10-4-8(12)6-1-2-7-5-11-13-9(7)3-6/h1-3,5,7-9,12H,4,10H2. The van der Waals surface area contributed by atoms with Gasteiger partial charge in [-0.2, -0.15) is 0 Å². The van der Waals surface area contributed by atoms with E-state index in [2.05, 4.69) is 5.16 Å². The van der Waals surface area contributed by atoms with Crippen LogP contribution in [0.4, 0.5) is 0 Å². The van der Waals surface area contributed by atoms with Crippen LogP contribution in [0.1, 0.15) is 0 Å². The Kier molecular flexibility index (Phi) is 2.16. The van der Waals surface area contributed by atoms with Crippen molar-refractivity contribution >= 4 is 6.21 Å². The molecule has 0 aromatic carbocycles. The molecule has 3 unspecified atom stereocenters. The lowest BCUT2D eigenvalue weighted by molar-refractivity contribution is 0.103. The Bertz CT molecular complexity index is 283. The average Bonchev–Trinajstić information content (AvgIpc) is 2.63. The second-order valence-corrected chi connectivity index (χ2v) is 3.18. The van der Waals surface area contributed by atoms with Crippen LogP contribution in [0.15, 0.2) is 29.0 Å². The van der Waals surface area contributed by atoms with Gasteiger partial charge in [0.05, 0.1) is 18.2 Å². The summed E-state index contributed by atoms with van der Waals surface area (Å²) in [5.41, 5.74) is 6.16. The summed E-state index contributed by atoms with van der Waals surface area (Å²) in [6, 6.07) is 0. The van der Waals surface area contributed by atoms with Gasteiger partial charge in [-0.05, 0) is 11.6 Å². The molecule has 3 atom stereocenters. The third-order valence-electron chi connectivity index (χ3n) is 2.27. The third kappa shape index (κ3) is 1.50. The van der Waals surface area contributed by atoms with E-state index in [1.165, 1.54) is 0 Å². The Labute approximate surface area is 76.4 Å². The highest BCUT2D eigenvalue weighted by molar-refractivity contribution is 5.67. The molecule has 0 saturated heterocycles. The molecule has 2 rings (SSSR count). The highest BCUT2D eigenvalue weighted by atomic mass is 16.6. The Morgan fingerprint density at radius 1 is 1.69 bits per heavy atom. The van der Waals surface area contributed by atoms with Crippen LogP contribution >= 0.6 is 0 Å². The van der Waals surface area contributed by atoms with E-state index in [1.807, 2.05) is 18.2 Å². The van der Waals surface area contributed by atoms with E-state index in [-0.39, 0.29) is 18.6 Å². The van der Waals surface area contributed by atoms with Gasteiger partial charge in [-0.15, -0.1) is 0 Å². The second-order valence-electron chi connectivity index (χ2n) is 3.18. The van der Waals surface area contributed by atoms with E-state index in [0.29, 0.717) is 0 Å². The highest BCUT2D eigenvalue weighted by Gasteiger charge is 2.26. The van der Waals surface area contributed by atoms with Crippen LogP contribution in [0.3, 0.4) is 0 Å². The molecule has 0 bridgehead atoms. The summed E-state index contributed by atoms with van der Waals surface area (Å²) in [5.74, 6) is 0.216. The molecule has 3 N–H and O–H groups in total. The Morgan fingerprint density at radius 2 is 2.54 bits per heavy atom. The van der Waals surface area contributed by atoms with Gasteiger partial charge in [0.15, 0.2) is 6.10 Å². The maximum atomic E-state index is 9.46. The Hall–Kier alpha value is -1.13. The molecule has 0 aromatic heterocycles. The number of hydrogen-bond donors (Lipinski definition) is 2.